The Bertz CT molecular complexity index is 393. The first-order valence-electron chi connectivity index (χ1n) is 4.84. The molecular weight excluding hydrogens is 190 g/mol. The van der Waals surface area contributed by atoms with Crippen LogP contribution >= 0.6 is 0 Å². The standard InChI is InChI=1S/C12H13NO2/c1-3-15-12-5-10(7-13)4-11(6-12)9(2)8-14/h4-6,8-9H,3H2,1-2H3. The second-order valence-corrected chi connectivity index (χ2v) is 3.26. The lowest BCUT2D eigenvalue weighted by Crippen LogP contribution is -1.98. The molecule has 0 fully saturated rings. The Morgan fingerprint density at radius 3 is 2.80 bits per heavy atom. The van der Waals surface area contributed by atoms with E-state index < -0.39 is 0 Å². The van der Waals surface area contributed by atoms with Crippen molar-refractivity contribution < 1.29 is 9.53 Å². The van der Waals surface area contributed by atoms with Gasteiger partial charge in [-0.25, -0.2) is 0 Å². The normalized spacial score (nSPS) is 11.5. The molecule has 1 atom stereocenters. The smallest absolute Gasteiger partial charge is 0.127 e. The van der Waals surface area contributed by atoms with Gasteiger partial charge in [-0.2, -0.15) is 5.26 Å². The van der Waals surface area contributed by atoms with Crippen molar-refractivity contribution in [2.75, 3.05) is 6.61 Å². The Morgan fingerprint density at radius 1 is 1.53 bits per heavy atom. The van der Waals surface area contributed by atoms with Crippen LogP contribution in [0.2, 0.25) is 0 Å². The maximum absolute atomic E-state index is 10.7. The maximum atomic E-state index is 10.7. The van der Waals surface area contributed by atoms with Gasteiger partial charge in [0.15, 0.2) is 0 Å². The molecular formula is C12H13NO2. The highest BCUT2D eigenvalue weighted by molar-refractivity contribution is 5.62. The fourth-order valence-corrected chi connectivity index (χ4v) is 1.28. The van der Waals surface area contributed by atoms with Crippen molar-refractivity contribution in [2.45, 2.75) is 19.8 Å². The Labute approximate surface area is 89.3 Å². The molecule has 0 heterocycles. The first-order valence-corrected chi connectivity index (χ1v) is 4.84. The monoisotopic (exact) mass is 203 g/mol. The van der Waals surface area contributed by atoms with Gasteiger partial charge in [-0.05, 0) is 30.7 Å². The lowest BCUT2D eigenvalue weighted by atomic mass is 10.0. The molecule has 0 radical (unpaired) electrons. The van der Waals surface area contributed by atoms with E-state index in [0.717, 1.165) is 11.8 Å². The number of benzene rings is 1. The number of carbonyl (C=O) groups is 1. The molecule has 0 saturated carbocycles. The zero-order valence-electron chi connectivity index (χ0n) is 8.86. The third-order valence-corrected chi connectivity index (χ3v) is 2.10. The highest BCUT2D eigenvalue weighted by atomic mass is 16.5. The molecule has 1 aromatic carbocycles. The van der Waals surface area contributed by atoms with Gasteiger partial charge in [0.05, 0.1) is 18.2 Å². The number of ether oxygens (including phenoxy) is 1. The minimum atomic E-state index is -0.211. The molecule has 0 aliphatic carbocycles. The third kappa shape index (κ3) is 2.81. The van der Waals surface area contributed by atoms with Gasteiger partial charge in [0.2, 0.25) is 0 Å². The molecule has 0 aliphatic rings. The first kappa shape index (κ1) is 11.3. The second-order valence-electron chi connectivity index (χ2n) is 3.26. The van der Waals surface area contributed by atoms with Crippen molar-refractivity contribution in [1.29, 1.82) is 5.26 Å². The molecule has 1 aromatic rings. The SMILES string of the molecule is CCOc1cc(C#N)cc(C(C)C=O)c1. The van der Waals surface area contributed by atoms with Crippen LogP contribution in [-0.4, -0.2) is 12.9 Å². The van der Waals surface area contributed by atoms with Crippen molar-refractivity contribution in [3.05, 3.63) is 29.3 Å². The summed E-state index contributed by atoms with van der Waals surface area (Å²) in [4.78, 5) is 10.7. The van der Waals surface area contributed by atoms with Crippen LogP contribution < -0.4 is 4.74 Å². The summed E-state index contributed by atoms with van der Waals surface area (Å²) >= 11 is 0. The molecule has 1 rings (SSSR count). The van der Waals surface area contributed by atoms with Gasteiger partial charge in [-0.1, -0.05) is 6.92 Å². The Hall–Kier alpha value is -1.82. The van der Waals surface area contributed by atoms with Gasteiger partial charge < -0.3 is 9.53 Å². The first-order chi connectivity index (χ1) is 7.21. The molecule has 0 aromatic heterocycles. The van der Waals surface area contributed by atoms with E-state index in [1.54, 1.807) is 25.1 Å². The maximum Gasteiger partial charge on any atom is 0.127 e. The molecule has 3 heteroatoms. The van der Waals surface area contributed by atoms with Gasteiger partial charge in [-0.3, -0.25) is 0 Å². The van der Waals surface area contributed by atoms with Crippen LogP contribution in [0.5, 0.6) is 5.75 Å². The van der Waals surface area contributed by atoms with Gasteiger partial charge in [-0.15, -0.1) is 0 Å². The number of rotatable bonds is 4. The van der Waals surface area contributed by atoms with E-state index in [0.29, 0.717) is 17.9 Å². The number of hydrogen-bond donors (Lipinski definition) is 0. The summed E-state index contributed by atoms with van der Waals surface area (Å²) in [6.45, 7) is 4.21. The molecule has 0 saturated heterocycles. The van der Waals surface area contributed by atoms with Crippen molar-refractivity contribution in [3.8, 4) is 11.8 Å². The summed E-state index contributed by atoms with van der Waals surface area (Å²) in [6.07, 6.45) is 0.853. The van der Waals surface area contributed by atoms with Crippen molar-refractivity contribution in [2.24, 2.45) is 0 Å². The van der Waals surface area contributed by atoms with Crippen LogP contribution in [0, 0.1) is 11.3 Å². The van der Waals surface area contributed by atoms with Crippen molar-refractivity contribution >= 4 is 6.29 Å². The summed E-state index contributed by atoms with van der Waals surface area (Å²) in [5.74, 6) is 0.428. The van der Waals surface area contributed by atoms with Crippen LogP contribution in [0.1, 0.15) is 30.9 Å². The molecule has 78 valence electrons. The summed E-state index contributed by atoms with van der Waals surface area (Å²) in [6, 6.07) is 7.23. The molecule has 0 amide bonds. The molecule has 0 aliphatic heterocycles. The molecule has 15 heavy (non-hydrogen) atoms. The van der Waals surface area contributed by atoms with Crippen LogP contribution in [-0.2, 0) is 4.79 Å². The van der Waals surface area contributed by atoms with Gasteiger partial charge in [0.1, 0.15) is 12.0 Å². The lowest BCUT2D eigenvalue weighted by molar-refractivity contribution is -0.108. The zero-order chi connectivity index (χ0) is 11.3. The number of nitriles is 1. The Morgan fingerprint density at radius 2 is 2.27 bits per heavy atom. The fraction of sp³-hybridized carbons (Fsp3) is 0.333. The number of aldehydes is 1. The van der Waals surface area contributed by atoms with E-state index in [-0.39, 0.29) is 5.92 Å². The number of hydrogen-bond acceptors (Lipinski definition) is 3. The minimum Gasteiger partial charge on any atom is -0.494 e. The highest BCUT2D eigenvalue weighted by Gasteiger charge is 2.07. The van der Waals surface area contributed by atoms with Crippen molar-refractivity contribution in [3.63, 3.8) is 0 Å². The minimum absolute atomic E-state index is 0.211. The van der Waals surface area contributed by atoms with Crippen LogP contribution in [0.4, 0.5) is 0 Å². The predicted molar refractivity (Wildman–Crippen MR) is 56.8 cm³/mol. The number of nitrogens with zero attached hydrogens (tertiary/aromatic N) is 1. The average molecular weight is 203 g/mol. The predicted octanol–water partition coefficient (Wildman–Crippen LogP) is 2.26. The van der Waals surface area contributed by atoms with E-state index in [1.165, 1.54) is 0 Å². The Kier molecular flexibility index (Phi) is 3.87. The lowest BCUT2D eigenvalue weighted by Gasteiger charge is -2.08. The van der Waals surface area contributed by atoms with Gasteiger partial charge >= 0.3 is 0 Å². The van der Waals surface area contributed by atoms with Gasteiger partial charge in [0, 0.05) is 5.92 Å². The topological polar surface area (TPSA) is 50.1 Å². The number of carbonyl (C=O) groups excluding carboxylic acids is 1. The summed E-state index contributed by atoms with van der Waals surface area (Å²) in [5.41, 5.74) is 1.33. The van der Waals surface area contributed by atoms with E-state index >= 15 is 0 Å². The fourth-order valence-electron chi connectivity index (χ4n) is 1.28. The molecule has 3 nitrogen and oxygen atoms in total. The van der Waals surface area contributed by atoms with Crippen LogP contribution in [0.3, 0.4) is 0 Å². The summed E-state index contributed by atoms with van der Waals surface area (Å²) in [7, 11) is 0. The molecule has 1 unspecified atom stereocenters. The van der Waals surface area contributed by atoms with E-state index in [1.807, 2.05) is 13.0 Å². The summed E-state index contributed by atoms with van der Waals surface area (Å²) in [5, 5.41) is 8.82. The van der Waals surface area contributed by atoms with E-state index in [2.05, 4.69) is 0 Å². The quantitative estimate of drug-likeness (QED) is 0.705. The molecule has 0 spiro atoms. The molecule has 0 bridgehead atoms. The average Bonchev–Trinajstić information content (AvgIpc) is 2.28. The largest absolute Gasteiger partial charge is 0.494 e. The van der Waals surface area contributed by atoms with E-state index in [9.17, 15) is 4.79 Å². The highest BCUT2D eigenvalue weighted by Crippen LogP contribution is 2.22. The van der Waals surface area contributed by atoms with Gasteiger partial charge in [0.25, 0.3) is 0 Å². The van der Waals surface area contributed by atoms with Crippen LogP contribution in [0.25, 0.3) is 0 Å². The Balaban J connectivity index is 3.12. The van der Waals surface area contributed by atoms with Crippen LogP contribution in [0.15, 0.2) is 18.2 Å². The zero-order valence-corrected chi connectivity index (χ0v) is 8.86. The second kappa shape index (κ2) is 5.16. The third-order valence-electron chi connectivity index (χ3n) is 2.10. The summed E-state index contributed by atoms with van der Waals surface area (Å²) < 4.78 is 5.32. The van der Waals surface area contributed by atoms with Crippen molar-refractivity contribution in [1.82, 2.24) is 0 Å². The molecule has 0 N–H and O–H groups in total. The van der Waals surface area contributed by atoms with E-state index in [4.69, 9.17) is 10.00 Å².